The van der Waals surface area contributed by atoms with Gasteiger partial charge in [-0.15, -0.1) is 0 Å². The van der Waals surface area contributed by atoms with E-state index in [0.29, 0.717) is 6.42 Å². The molecule has 0 saturated carbocycles. The third kappa shape index (κ3) is 2.34. The lowest BCUT2D eigenvalue weighted by Gasteiger charge is -2.28. The Morgan fingerprint density at radius 3 is 2.21 bits per heavy atom. The van der Waals surface area contributed by atoms with Gasteiger partial charge in [-0.2, -0.15) is 0 Å². The second kappa shape index (κ2) is 4.11. The highest BCUT2D eigenvalue weighted by molar-refractivity contribution is 5.24. The van der Waals surface area contributed by atoms with Crippen molar-refractivity contribution in [1.29, 1.82) is 0 Å². The number of hydrogen-bond acceptors (Lipinski definition) is 2. The van der Waals surface area contributed by atoms with Crippen molar-refractivity contribution < 1.29 is 10.2 Å². The third-order valence-electron chi connectivity index (χ3n) is 2.70. The smallest absolute Gasteiger partial charge is 0.107 e. The standard InChI is InChI=1S/C12H18O2/c1-4-12(3,14)11(13)10-7-5-9(2)6-8-10/h5-8,11,13-14H,4H2,1-3H3/t11-,12+/m1/s1. The average Bonchev–Trinajstić information content (AvgIpc) is 2.18. The Morgan fingerprint density at radius 1 is 1.29 bits per heavy atom. The van der Waals surface area contributed by atoms with E-state index >= 15 is 0 Å². The van der Waals surface area contributed by atoms with Gasteiger partial charge in [-0.3, -0.25) is 0 Å². The Morgan fingerprint density at radius 2 is 1.79 bits per heavy atom. The molecule has 1 aromatic rings. The fourth-order valence-corrected chi connectivity index (χ4v) is 1.30. The fraction of sp³-hybridized carbons (Fsp3) is 0.500. The SMILES string of the molecule is CC[C@](C)(O)[C@H](O)c1ccc(C)cc1. The first kappa shape index (κ1) is 11.2. The molecule has 0 fully saturated rings. The van der Waals surface area contributed by atoms with Crippen LogP contribution in [0.4, 0.5) is 0 Å². The van der Waals surface area contributed by atoms with Crippen LogP contribution in [0.5, 0.6) is 0 Å². The van der Waals surface area contributed by atoms with Crippen LogP contribution in [-0.2, 0) is 0 Å². The molecule has 0 saturated heterocycles. The molecule has 0 aromatic heterocycles. The van der Waals surface area contributed by atoms with Crippen molar-refractivity contribution in [3.63, 3.8) is 0 Å². The highest BCUT2D eigenvalue weighted by Gasteiger charge is 2.29. The molecule has 0 aliphatic heterocycles. The summed E-state index contributed by atoms with van der Waals surface area (Å²) in [6.07, 6.45) is -0.282. The van der Waals surface area contributed by atoms with Gasteiger partial charge >= 0.3 is 0 Å². The third-order valence-corrected chi connectivity index (χ3v) is 2.70. The molecule has 0 spiro atoms. The largest absolute Gasteiger partial charge is 0.387 e. The Hall–Kier alpha value is -0.860. The Kier molecular flexibility index (Phi) is 3.29. The van der Waals surface area contributed by atoms with Crippen molar-refractivity contribution in [2.75, 3.05) is 0 Å². The molecule has 78 valence electrons. The van der Waals surface area contributed by atoms with Crippen LogP contribution in [-0.4, -0.2) is 15.8 Å². The number of aryl methyl sites for hydroxylation is 1. The number of rotatable bonds is 3. The number of aliphatic hydroxyl groups is 2. The molecule has 0 amide bonds. The maximum Gasteiger partial charge on any atom is 0.107 e. The molecular formula is C12H18O2. The van der Waals surface area contributed by atoms with Crippen LogP contribution in [0, 0.1) is 6.92 Å². The molecular weight excluding hydrogens is 176 g/mol. The Balaban J connectivity index is 2.89. The first-order chi connectivity index (χ1) is 6.47. The van der Waals surface area contributed by atoms with E-state index in [1.165, 1.54) is 0 Å². The first-order valence-corrected chi connectivity index (χ1v) is 4.94. The van der Waals surface area contributed by atoms with Crippen molar-refractivity contribution in [2.24, 2.45) is 0 Å². The summed E-state index contributed by atoms with van der Waals surface area (Å²) in [4.78, 5) is 0. The minimum absolute atomic E-state index is 0.530. The van der Waals surface area contributed by atoms with Gasteiger partial charge in [0.25, 0.3) is 0 Å². The van der Waals surface area contributed by atoms with E-state index in [1.807, 2.05) is 38.1 Å². The highest BCUT2D eigenvalue weighted by Crippen LogP contribution is 2.28. The van der Waals surface area contributed by atoms with Crippen molar-refractivity contribution in [1.82, 2.24) is 0 Å². The summed E-state index contributed by atoms with van der Waals surface area (Å²) in [7, 11) is 0. The summed E-state index contributed by atoms with van der Waals surface area (Å²) < 4.78 is 0. The molecule has 2 N–H and O–H groups in total. The predicted molar refractivity (Wildman–Crippen MR) is 57.1 cm³/mol. The Labute approximate surface area is 85.2 Å². The average molecular weight is 194 g/mol. The summed E-state index contributed by atoms with van der Waals surface area (Å²) in [5, 5.41) is 19.8. The maximum absolute atomic E-state index is 9.89. The van der Waals surface area contributed by atoms with Crippen molar-refractivity contribution in [3.8, 4) is 0 Å². The molecule has 0 unspecified atom stereocenters. The zero-order valence-electron chi connectivity index (χ0n) is 8.99. The zero-order chi connectivity index (χ0) is 10.8. The molecule has 1 rings (SSSR count). The Bertz CT molecular complexity index is 288. The lowest BCUT2D eigenvalue weighted by atomic mass is 9.90. The van der Waals surface area contributed by atoms with Crippen LogP contribution in [0.1, 0.15) is 37.5 Å². The monoisotopic (exact) mass is 194 g/mol. The van der Waals surface area contributed by atoms with E-state index in [9.17, 15) is 10.2 Å². The minimum atomic E-state index is -1.05. The van der Waals surface area contributed by atoms with Gasteiger partial charge in [-0.25, -0.2) is 0 Å². The maximum atomic E-state index is 9.89. The highest BCUT2D eigenvalue weighted by atomic mass is 16.3. The topological polar surface area (TPSA) is 40.5 Å². The molecule has 2 atom stereocenters. The van der Waals surface area contributed by atoms with E-state index in [2.05, 4.69) is 0 Å². The van der Waals surface area contributed by atoms with Gasteiger partial charge in [0.2, 0.25) is 0 Å². The van der Waals surface area contributed by atoms with Gasteiger partial charge in [0.1, 0.15) is 6.10 Å². The van der Waals surface area contributed by atoms with Gasteiger partial charge in [-0.05, 0) is 25.8 Å². The normalized spacial score (nSPS) is 17.5. The summed E-state index contributed by atoms with van der Waals surface area (Å²) in [5.41, 5.74) is 0.870. The van der Waals surface area contributed by atoms with Gasteiger partial charge in [0, 0.05) is 0 Å². The van der Waals surface area contributed by atoms with Gasteiger partial charge in [0.15, 0.2) is 0 Å². The van der Waals surface area contributed by atoms with Crippen molar-refractivity contribution in [2.45, 2.75) is 38.9 Å². The minimum Gasteiger partial charge on any atom is -0.387 e. The molecule has 2 nitrogen and oxygen atoms in total. The summed E-state index contributed by atoms with van der Waals surface area (Å²) in [6, 6.07) is 7.57. The quantitative estimate of drug-likeness (QED) is 0.774. The van der Waals surface area contributed by atoms with Crippen LogP contribution in [0.2, 0.25) is 0 Å². The van der Waals surface area contributed by atoms with Crippen LogP contribution in [0.15, 0.2) is 24.3 Å². The van der Waals surface area contributed by atoms with E-state index in [-0.39, 0.29) is 0 Å². The number of hydrogen-bond donors (Lipinski definition) is 2. The predicted octanol–water partition coefficient (Wildman–Crippen LogP) is 2.19. The summed E-state index contributed by atoms with van der Waals surface area (Å²) in [6.45, 7) is 5.50. The van der Waals surface area contributed by atoms with Gasteiger partial charge in [-0.1, -0.05) is 36.8 Å². The van der Waals surface area contributed by atoms with Crippen molar-refractivity contribution >= 4 is 0 Å². The number of benzene rings is 1. The molecule has 0 aliphatic rings. The number of aliphatic hydroxyl groups excluding tert-OH is 1. The van der Waals surface area contributed by atoms with Crippen LogP contribution >= 0.6 is 0 Å². The summed E-state index contributed by atoms with van der Waals surface area (Å²) in [5.74, 6) is 0. The first-order valence-electron chi connectivity index (χ1n) is 4.94. The second-order valence-corrected chi connectivity index (χ2v) is 4.02. The second-order valence-electron chi connectivity index (χ2n) is 4.02. The van der Waals surface area contributed by atoms with Crippen LogP contribution < -0.4 is 0 Å². The van der Waals surface area contributed by atoms with E-state index in [4.69, 9.17) is 0 Å². The molecule has 0 heterocycles. The van der Waals surface area contributed by atoms with Gasteiger partial charge in [0.05, 0.1) is 5.60 Å². The fourth-order valence-electron chi connectivity index (χ4n) is 1.30. The zero-order valence-corrected chi connectivity index (χ0v) is 8.99. The van der Waals surface area contributed by atoms with Crippen LogP contribution in [0.3, 0.4) is 0 Å². The molecule has 0 bridgehead atoms. The molecule has 0 aliphatic carbocycles. The van der Waals surface area contributed by atoms with Crippen LogP contribution in [0.25, 0.3) is 0 Å². The summed E-state index contributed by atoms with van der Waals surface area (Å²) >= 11 is 0. The molecule has 0 radical (unpaired) electrons. The lowest BCUT2D eigenvalue weighted by molar-refractivity contribution is -0.0658. The van der Waals surface area contributed by atoms with Gasteiger partial charge < -0.3 is 10.2 Å². The van der Waals surface area contributed by atoms with E-state index in [0.717, 1.165) is 11.1 Å². The van der Waals surface area contributed by atoms with E-state index < -0.39 is 11.7 Å². The lowest BCUT2D eigenvalue weighted by Crippen LogP contribution is -2.31. The van der Waals surface area contributed by atoms with E-state index in [1.54, 1.807) is 6.92 Å². The molecule has 2 heteroatoms. The molecule has 14 heavy (non-hydrogen) atoms. The van der Waals surface area contributed by atoms with Crippen molar-refractivity contribution in [3.05, 3.63) is 35.4 Å². The molecule has 1 aromatic carbocycles.